The molecule has 1 aliphatic heterocycles. The number of nitrogens with two attached hydrogens (primary N) is 1. The van der Waals surface area contributed by atoms with E-state index < -0.39 is 10.2 Å². The van der Waals surface area contributed by atoms with Gasteiger partial charge in [-0.3, -0.25) is 0 Å². The van der Waals surface area contributed by atoms with E-state index in [0.717, 1.165) is 17.7 Å². The number of hydrogen-bond donors (Lipinski definition) is 2. The number of rotatable bonds is 5. The zero-order chi connectivity index (χ0) is 14.8. The summed E-state index contributed by atoms with van der Waals surface area (Å²) in [6.07, 6.45) is 1.66. The SMILES string of the molecule is CC(NS(=O)(=O)N1CCC(CN)CC1)c1ccc(Cl)s1. The number of piperidine rings is 1. The molecular weight excluding hydrogens is 318 g/mol. The molecule has 0 radical (unpaired) electrons. The summed E-state index contributed by atoms with van der Waals surface area (Å²) in [4.78, 5) is 0.912. The second-order valence-electron chi connectivity index (χ2n) is 5.06. The molecule has 114 valence electrons. The molecule has 2 rings (SSSR count). The smallest absolute Gasteiger partial charge is 0.280 e. The van der Waals surface area contributed by atoms with Crippen LogP contribution in [-0.4, -0.2) is 32.4 Å². The largest absolute Gasteiger partial charge is 0.330 e. The van der Waals surface area contributed by atoms with Gasteiger partial charge in [0.15, 0.2) is 0 Å². The van der Waals surface area contributed by atoms with E-state index >= 15 is 0 Å². The molecule has 0 spiro atoms. The van der Waals surface area contributed by atoms with Gasteiger partial charge < -0.3 is 5.73 Å². The number of nitrogens with zero attached hydrogens (tertiary/aromatic N) is 1. The molecule has 1 fully saturated rings. The highest BCUT2D eigenvalue weighted by Gasteiger charge is 2.28. The number of thiophene rings is 1. The van der Waals surface area contributed by atoms with E-state index in [4.69, 9.17) is 17.3 Å². The molecule has 1 aromatic heterocycles. The van der Waals surface area contributed by atoms with Crippen molar-refractivity contribution >= 4 is 33.1 Å². The van der Waals surface area contributed by atoms with E-state index in [0.29, 0.717) is 29.9 Å². The van der Waals surface area contributed by atoms with Crippen LogP contribution in [0, 0.1) is 5.92 Å². The summed E-state index contributed by atoms with van der Waals surface area (Å²) >= 11 is 7.27. The number of nitrogens with one attached hydrogen (secondary N) is 1. The first kappa shape index (κ1) is 16.2. The van der Waals surface area contributed by atoms with Crippen molar-refractivity contribution < 1.29 is 8.42 Å². The van der Waals surface area contributed by atoms with Gasteiger partial charge in [0.05, 0.1) is 10.4 Å². The predicted molar refractivity (Wildman–Crippen MR) is 83.2 cm³/mol. The maximum atomic E-state index is 12.3. The first-order valence-corrected chi connectivity index (χ1v) is 9.28. The van der Waals surface area contributed by atoms with E-state index in [1.807, 2.05) is 13.0 Å². The summed E-state index contributed by atoms with van der Waals surface area (Å²) in [5.41, 5.74) is 5.62. The summed E-state index contributed by atoms with van der Waals surface area (Å²) in [6, 6.07) is 3.35. The van der Waals surface area contributed by atoms with Crippen LogP contribution in [0.5, 0.6) is 0 Å². The van der Waals surface area contributed by atoms with Crippen LogP contribution in [0.3, 0.4) is 0 Å². The lowest BCUT2D eigenvalue weighted by Crippen LogP contribution is -2.46. The lowest BCUT2D eigenvalue weighted by atomic mass is 9.99. The highest BCUT2D eigenvalue weighted by Crippen LogP contribution is 2.27. The number of hydrogen-bond acceptors (Lipinski definition) is 4. The average molecular weight is 338 g/mol. The van der Waals surface area contributed by atoms with Crippen molar-refractivity contribution in [3.05, 3.63) is 21.3 Å². The Morgan fingerprint density at radius 3 is 2.65 bits per heavy atom. The number of halogens is 1. The highest BCUT2D eigenvalue weighted by atomic mass is 35.5. The van der Waals surface area contributed by atoms with Crippen LogP contribution in [0.15, 0.2) is 12.1 Å². The molecule has 1 atom stereocenters. The van der Waals surface area contributed by atoms with Crippen LogP contribution in [0.25, 0.3) is 0 Å². The Kier molecular flexibility index (Phi) is 5.44. The van der Waals surface area contributed by atoms with Crippen LogP contribution in [0.2, 0.25) is 4.34 Å². The lowest BCUT2D eigenvalue weighted by molar-refractivity contribution is 0.275. The molecule has 0 aromatic carbocycles. The van der Waals surface area contributed by atoms with Crippen molar-refractivity contribution in [1.29, 1.82) is 0 Å². The third-order valence-corrected chi connectivity index (χ3v) is 6.70. The van der Waals surface area contributed by atoms with Gasteiger partial charge in [0.1, 0.15) is 0 Å². The van der Waals surface area contributed by atoms with Gasteiger partial charge in [-0.1, -0.05) is 11.6 Å². The first-order chi connectivity index (χ1) is 9.42. The third-order valence-electron chi connectivity index (χ3n) is 3.59. The fraction of sp³-hybridized carbons (Fsp3) is 0.667. The van der Waals surface area contributed by atoms with Gasteiger partial charge in [0, 0.05) is 18.0 Å². The maximum Gasteiger partial charge on any atom is 0.280 e. The minimum absolute atomic E-state index is 0.273. The van der Waals surface area contributed by atoms with Crippen LogP contribution < -0.4 is 10.5 Å². The Balaban J connectivity index is 1.97. The molecule has 1 saturated heterocycles. The van der Waals surface area contributed by atoms with Gasteiger partial charge in [-0.05, 0) is 44.4 Å². The second kappa shape index (κ2) is 6.72. The minimum atomic E-state index is -3.45. The van der Waals surface area contributed by atoms with Crippen LogP contribution in [0.1, 0.15) is 30.7 Å². The molecule has 0 aliphatic carbocycles. The molecule has 1 unspecified atom stereocenters. The molecule has 1 aliphatic rings. The Labute approximate surface area is 129 Å². The molecular formula is C12H20ClN3O2S2. The zero-order valence-corrected chi connectivity index (χ0v) is 13.8. The Hall–Kier alpha value is -0.180. The predicted octanol–water partition coefficient (Wildman–Crippen LogP) is 1.97. The van der Waals surface area contributed by atoms with Crippen LogP contribution in [0.4, 0.5) is 0 Å². The molecule has 3 N–H and O–H groups in total. The summed E-state index contributed by atoms with van der Waals surface area (Å²) in [5, 5.41) is 0. The van der Waals surface area contributed by atoms with Gasteiger partial charge in [0.25, 0.3) is 10.2 Å². The maximum absolute atomic E-state index is 12.3. The normalized spacial score (nSPS) is 20.1. The molecule has 0 amide bonds. The van der Waals surface area contributed by atoms with Crippen molar-refractivity contribution in [2.75, 3.05) is 19.6 Å². The third kappa shape index (κ3) is 3.93. The van der Waals surface area contributed by atoms with Crippen molar-refractivity contribution in [2.45, 2.75) is 25.8 Å². The van der Waals surface area contributed by atoms with E-state index in [9.17, 15) is 8.42 Å². The quantitative estimate of drug-likeness (QED) is 0.862. The summed E-state index contributed by atoms with van der Waals surface area (Å²) < 4.78 is 29.5. The fourth-order valence-electron chi connectivity index (χ4n) is 2.30. The standard InChI is InChI=1S/C12H20ClN3O2S2/c1-9(11-2-3-12(13)19-11)15-20(17,18)16-6-4-10(8-14)5-7-16/h2-3,9-10,15H,4-8,14H2,1H3. The highest BCUT2D eigenvalue weighted by molar-refractivity contribution is 7.87. The Morgan fingerprint density at radius 2 is 2.15 bits per heavy atom. The zero-order valence-electron chi connectivity index (χ0n) is 11.4. The summed E-state index contributed by atoms with van der Waals surface area (Å²) in [5.74, 6) is 0.440. The van der Waals surface area contributed by atoms with Gasteiger partial charge in [-0.25, -0.2) is 0 Å². The topological polar surface area (TPSA) is 75.4 Å². The molecule has 5 nitrogen and oxygen atoms in total. The molecule has 0 bridgehead atoms. The first-order valence-electron chi connectivity index (χ1n) is 6.65. The molecule has 8 heteroatoms. The van der Waals surface area contributed by atoms with Crippen LogP contribution >= 0.6 is 22.9 Å². The summed E-state index contributed by atoms with van der Waals surface area (Å²) in [6.45, 7) is 3.53. The minimum Gasteiger partial charge on any atom is -0.330 e. The van der Waals surface area contributed by atoms with Crippen LogP contribution in [-0.2, 0) is 10.2 Å². The molecule has 1 aromatic rings. The lowest BCUT2D eigenvalue weighted by Gasteiger charge is -2.31. The van der Waals surface area contributed by atoms with Gasteiger partial charge >= 0.3 is 0 Å². The van der Waals surface area contributed by atoms with Crippen molar-refractivity contribution in [1.82, 2.24) is 9.03 Å². The molecule has 20 heavy (non-hydrogen) atoms. The fourth-order valence-corrected chi connectivity index (χ4v) is 4.85. The van der Waals surface area contributed by atoms with Gasteiger partial charge in [-0.15, -0.1) is 11.3 Å². The second-order valence-corrected chi connectivity index (χ2v) is 8.51. The van der Waals surface area contributed by atoms with E-state index in [-0.39, 0.29) is 6.04 Å². The summed E-state index contributed by atoms with van der Waals surface area (Å²) in [7, 11) is -3.45. The van der Waals surface area contributed by atoms with Crippen molar-refractivity contribution in [3.63, 3.8) is 0 Å². The van der Waals surface area contributed by atoms with Gasteiger partial charge in [-0.2, -0.15) is 17.4 Å². The Bertz CT molecular complexity index is 539. The van der Waals surface area contributed by atoms with Gasteiger partial charge in [0.2, 0.25) is 0 Å². The monoisotopic (exact) mass is 337 g/mol. The van der Waals surface area contributed by atoms with E-state index in [1.165, 1.54) is 15.6 Å². The van der Waals surface area contributed by atoms with Crippen molar-refractivity contribution in [2.24, 2.45) is 11.7 Å². The molecule has 0 saturated carbocycles. The van der Waals surface area contributed by atoms with E-state index in [2.05, 4.69) is 4.72 Å². The Morgan fingerprint density at radius 1 is 1.50 bits per heavy atom. The van der Waals surface area contributed by atoms with Crippen molar-refractivity contribution in [3.8, 4) is 0 Å². The van der Waals surface area contributed by atoms with E-state index in [1.54, 1.807) is 6.07 Å². The molecule has 2 heterocycles. The average Bonchev–Trinajstić information content (AvgIpc) is 2.85.